The third kappa shape index (κ3) is 5.36. The fourth-order valence-electron chi connectivity index (χ4n) is 0.912. The molecule has 1 aromatic rings. The topological polar surface area (TPSA) is 16.1 Å². The number of nitrogens with zero attached hydrogens (tertiary/aromatic N) is 2. The summed E-state index contributed by atoms with van der Waals surface area (Å²) in [5.74, 6) is 0. The van der Waals surface area contributed by atoms with Crippen molar-refractivity contribution in [2.75, 3.05) is 13.6 Å². The van der Waals surface area contributed by atoms with E-state index < -0.39 is 0 Å². The van der Waals surface area contributed by atoms with E-state index in [1.807, 2.05) is 38.4 Å². The lowest BCUT2D eigenvalue weighted by Crippen LogP contribution is -2.16. The first-order valence-corrected chi connectivity index (χ1v) is 4.90. The molecule has 0 saturated heterocycles. The first-order valence-electron chi connectivity index (χ1n) is 4.90. The fourth-order valence-corrected chi connectivity index (χ4v) is 0.912. The highest BCUT2D eigenvalue weighted by atomic mass is 15.1. The van der Waals surface area contributed by atoms with E-state index in [9.17, 15) is 0 Å². The molecule has 0 aliphatic rings. The minimum Gasteiger partial charge on any atom is -0.302 e. The Hall–Kier alpha value is -0.890. The summed E-state index contributed by atoms with van der Waals surface area (Å²) >= 11 is 0. The Labute approximate surface area is 81.6 Å². The molecule has 0 atom stereocenters. The molecule has 1 aromatic heterocycles. The molecular formula is C11H20N2. The van der Waals surface area contributed by atoms with Crippen LogP contribution in [-0.2, 0) is 6.54 Å². The van der Waals surface area contributed by atoms with Crippen LogP contribution in [0.2, 0.25) is 0 Å². The van der Waals surface area contributed by atoms with Gasteiger partial charge in [0.1, 0.15) is 0 Å². The van der Waals surface area contributed by atoms with Crippen LogP contribution in [0.15, 0.2) is 24.5 Å². The smallest absolute Gasteiger partial charge is 0.0271 e. The largest absolute Gasteiger partial charge is 0.302 e. The minimum absolute atomic E-state index is 1.01. The Morgan fingerprint density at radius 2 is 1.77 bits per heavy atom. The summed E-state index contributed by atoms with van der Waals surface area (Å²) in [6.07, 6.45) is 3.66. The van der Waals surface area contributed by atoms with E-state index in [1.54, 1.807) is 0 Å². The van der Waals surface area contributed by atoms with E-state index in [2.05, 4.69) is 23.9 Å². The van der Waals surface area contributed by atoms with Gasteiger partial charge in [0.25, 0.3) is 0 Å². The monoisotopic (exact) mass is 180 g/mol. The maximum atomic E-state index is 3.96. The van der Waals surface area contributed by atoms with Gasteiger partial charge in [0, 0.05) is 18.9 Å². The second-order valence-corrected chi connectivity index (χ2v) is 2.69. The predicted octanol–water partition coefficient (Wildman–Crippen LogP) is 2.56. The van der Waals surface area contributed by atoms with Gasteiger partial charge >= 0.3 is 0 Å². The van der Waals surface area contributed by atoms with Gasteiger partial charge in [-0.25, -0.2) is 0 Å². The molecule has 1 heterocycles. The maximum absolute atomic E-state index is 3.96. The van der Waals surface area contributed by atoms with Crippen LogP contribution in [0, 0.1) is 0 Å². The lowest BCUT2D eigenvalue weighted by molar-refractivity contribution is 0.345. The molecule has 0 saturated carbocycles. The van der Waals surface area contributed by atoms with Gasteiger partial charge < -0.3 is 4.90 Å². The van der Waals surface area contributed by atoms with Crippen LogP contribution in [0.1, 0.15) is 26.3 Å². The molecule has 74 valence electrons. The second kappa shape index (κ2) is 7.74. The van der Waals surface area contributed by atoms with Gasteiger partial charge in [0.05, 0.1) is 0 Å². The van der Waals surface area contributed by atoms with Crippen molar-refractivity contribution in [1.82, 2.24) is 9.88 Å². The van der Waals surface area contributed by atoms with E-state index in [1.165, 1.54) is 5.56 Å². The van der Waals surface area contributed by atoms with Crippen molar-refractivity contribution in [3.8, 4) is 0 Å². The first-order chi connectivity index (χ1) is 6.33. The van der Waals surface area contributed by atoms with Crippen molar-refractivity contribution in [3.63, 3.8) is 0 Å². The molecule has 0 fully saturated rings. The third-order valence-corrected chi connectivity index (χ3v) is 1.74. The zero-order chi connectivity index (χ0) is 10.1. The average molecular weight is 180 g/mol. The molecule has 0 amide bonds. The summed E-state index contributed by atoms with van der Waals surface area (Å²) in [4.78, 5) is 6.22. The number of aromatic nitrogens is 1. The summed E-state index contributed by atoms with van der Waals surface area (Å²) in [5, 5.41) is 0. The molecule has 2 heteroatoms. The quantitative estimate of drug-likeness (QED) is 0.710. The molecule has 2 nitrogen and oxygen atoms in total. The molecule has 0 bridgehead atoms. The van der Waals surface area contributed by atoms with Gasteiger partial charge in [-0.15, -0.1) is 0 Å². The fraction of sp³-hybridized carbons (Fsp3) is 0.545. The Morgan fingerprint density at radius 3 is 2.23 bits per heavy atom. The van der Waals surface area contributed by atoms with Crippen LogP contribution in [0.25, 0.3) is 0 Å². The Kier molecular flexibility index (Phi) is 7.21. The van der Waals surface area contributed by atoms with Crippen molar-refractivity contribution in [3.05, 3.63) is 30.1 Å². The maximum Gasteiger partial charge on any atom is 0.0271 e. The highest BCUT2D eigenvalue weighted by Gasteiger charge is 1.94. The number of rotatable bonds is 3. The molecule has 0 radical (unpaired) electrons. The molecule has 0 N–H and O–H groups in total. The van der Waals surface area contributed by atoms with Crippen LogP contribution in [0.3, 0.4) is 0 Å². The summed E-state index contributed by atoms with van der Waals surface area (Å²) < 4.78 is 0. The van der Waals surface area contributed by atoms with Crippen molar-refractivity contribution < 1.29 is 0 Å². The van der Waals surface area contributed by atoms with E-state index >= 15 is 0 Å². The Balaban J connectivity index is 0.000000671. The van der Waals surface area contributed by atoms with E-state index in [4.69, 9.17) is 0 Å². The molecule has 1 rings (SSSR count). The van der Waals surface area contributed by atoms with Gasteiger partial charge in [-0.2, -0.15) is 0 Å². The average Bonchev–Trinajstić information content (AvgIpc) is 2.22. The molecule has 0 unspecified atom stereocenters. The summed E-state index contributed by atoms with van der Waals surface area (Å²) in [6.45, 7) is 8.25. The lowest BCUT2D eigenvalue weighted by Gasteiger charge is -2.12. The molecule has 0 spiro atoms. The minimum atomic E-state index is 1.01. The number of hydrogen-bond acceptors (Lipinski definition) is 2. The highest BCUT2D eigenvalue weighted by molar-refractivity contribution is 5.08. The normalized spacial score (nSPS) is 9.31. The standard InChI is InChI=1S/C9H14N2.C2H6/c1-3-11(2)8-9-4-6-10-7-5-9;1-2/h4-7H,3,8H2,1-2H3;1-2H3. The first kappa shape index (κ1) is 12.1. The third-order valence-electron chi connectivity index (χ3n) is 1.74. The van der Waals surface area contributed by atoms with Gasteiger partial charge in [-0.05, 0) is 31.3 Å². The summed E-state index contributed by atoms with van der Waals surface area (Å²) in [7, 11) is 2.11. The van der Waals surface area contributed by atoms with Crippen LogP contribution in [0.4, 0.5) is 0 Å². The lowest BCUT2D eigenvalue weighted by atomic mass is 10.2. The summed E-state index contributed by atoms with van der Waals surface area (Å²) in [6, 6.07) is 4.10. The second-order valence-electron chi connectivity index (χ2n) is 2.69. The van der Waals surface area contributed by atoms with Crippen LogP contribution >= 0.6 is 0 Å². The zero-order valence-corrected chi connectivity index (χ0v) is 9.12. The molecule has 0 aliphatic heterocycles. The van der Waals surface area contributed by atoms with Crippen molar-refractivity contribution in [2.24, 2.45) is 0 Å². The van der Waals surface area contributed by atoms with Gasteiger partial charge in [0.2, 0.25) is 0 Å². The Bertz CT molecular complexity index is 197. The van der Waals surface area contributed by atoms with Crippen molar-refractivity contribution in [2.45, 2.75) is 27.3 Å². The van der Waals surface area contributed by atoms with Gasteiger partial charge in [-0.3, -0.25) is 4.98 Å². The van der Waals surface area contributed by atoms with Gasteiger partial charge in [0.15, 0.2) is 0 Å². The zero-order valence-electron chi connectivity index (χ0n) is 9.12. The van der Waals surface area contributed by atoms with E-state index in [0.717, 1.165) is 13.1 Å². The summed E-state index contributed by atoms with van der Waals surface area (Å²) in [5.41, 5.74) is 1.32. The van der Waals surface area contributed by atoms with Gasteiger partial charge in [-0.1, -0.05) is 20.8 Å². The Morgan fingerprint density at radius 1 is 1.23 bits per heavy atom. The highest BCUT2D eigenvalue weighted by Crippen LogP contribution is 1.99. The molecule has 13 heavy (non-hydrogen) atoms. The number of pyridine rings is 1. The van der Waals surface area contributed by atoms with Crippen LogP contribution in [0.5, 0.6) is 0 Å². The molecule has 0 aliphatic carbocycles. The molecular weight excluding hydrogens is 160 g/mol. The van der Waals surface area contributed by atoms with Crippen molar-refractivity contribution in [1.29, 1.82) is 0 Å². The van der Waals surface area contributed by atoms with Crippen LogP contribution in [-0.4, -0.2) is 23.5 Å². The SMILES string of the molecule is CC.CCN(C)Cc1ccncc1. The van der Waals surface area contributed by atoms with Crippen molar-refractivity contribution >= 4 is 0 Å². The van der Waals surface area contributed by atoms with Crippen LogP contribution < -0.4 is 0 Å². The van der Waals surface area contributed by atoms with E-state index in [0.29, 0.717) is 0 Å². The molecule has 0 aromatic carbocycles. The number of hydrogen-bond donors (Lipinski definition) is 0. The van der Waals surface area contributed by atoms with E-state index in [-0.39, 0.29) is 0 Å². The predicted molar refractivity (Wildman–Crippen MR) is 57.6 cm³/mol.